The van der Waals surface area contributed by atoms with Crippen LogP contribution in [0.2, 0.25) is 0 Å². The molecule has 1 aromatic heterocycles. The maximum absolute atomic E-state index is 12.6. The average molecular weight is 295 g/mol. The smallest absolute Gasteiger partial charge is 0.187 e. The van der Waals surface area contributed by atoms with E-state index in [9.17, 15) is 4.79 Å². The highest BCUT2D eigenvalue weighted by molar-refractivity contribution is 5.97. The number of methoxy groups -OCH3 is 1. The molecule has 6 nitrogen and oxygen atoms in total. The van der Waals surface area contributed by atoms with Gasteiger partial charge in [0.2, 0.25) is 0 Å². The van der Waals surface area contributed by atoms with Crippen LogP contribution in [-0.2, 0) is 11.3 Å². The highest BCUT2D eigenvalue weighted by Crippen LogP contribution is 2.23. The molecule has 21 heavy (non-hydrogen) atoms. The molecule has 0 spiro atoms. The van der Waals surface area contributed by atoms with E-state index < -0.39 is 0 Å². The maximum Gasteiger partial charge on any atom is 0.187 e. The van der Waals surface area contributed by atoms with Gasteiger partial charge < -0.3 is 14.4 Å². The molecular formula is C15H25N3O3. The van der Waals surface area contributed by atoms with E-state index in [1.165, 1.54) is 0 Å². The van der Waals surface area contributed by atoms with Crippen LogP contribution in [0.1, 0.15) is 36.2 Å². The van der Waals surface area contributed by atoms with Gasteiger partial charge in [0.1, 0.15) is 5.69 Å². The molecule has 1 aromatic rings. The molecule has 0 radical (unpaired) electrons. The van der Waals surface area contributed by atoms with Crippen LogP contribution in [0.5, 0.6) is 5.75 Å². The molecule has 1 atom stereocenters. The van der Waals surface area contributed by atoms with E-state index in [1.54, 1.807) is 18.0 Å². The Morgan fingerprint density at radius 3 is 2.95 bits per heavy atom. The minimum Gasteiger partial charge on any atom is -0.493 e. The number of rotatable bonds is 7. The molecule has 1 aliphatic heterocycles. The molecular weight excluding hydrogens is 270 g/mol. The Morgan fingerprint density at radius 1 is 1.52 bits per heavy atom. The van der Waals surface area contributed by atoms with Crippen LogP contribution in [0, 0.1) is 0 Å². The van der Waals surface area contributed by atoms with Crippen LogP contribution in [0.25, 0.3) is 0 Å². The number of carbonyl (C=O) groups is 1. The first-order chi connectivity index (χ1) is 10.1. The summed E-state index contributed by atoms with van der Waals surface area (Å²) in [6, 6.07) is 0. The Labute approximate surface area is 126 Å². The van der Waals surface area contributed by atoms with Gasteiger partial charge in [-0.1, -0.05) is 0 Å². The van der Waals surface area contributed by atoms with E-state index in [4.69, 9.17) is 9.47 Å². The van der Waals surface area contributed by atoms with Gasteiger partial charge in [-0.2, -0.15) is 5.10 Å². The van der Waals surface area contributed by atoms with Crippen molar-refractivity contribution in [1.29, 1.82) is 0 Å². The van der Waals surface area contributed by atoms with Crippen molar-refractivity contribution in [3.63, 3.8) is 0 Å². The number of Topliss-reactive ketones (excluding diaryl/α,β-unsaturated/α-hetero) is 1. The Hall–Kier alpha value is -1.40. The van der Waals surface area contributed by atoms with Crippen LogP contribution >= 0.6 is 0 Å². The number of ketones is 1. The fraction of sp³-hybridized carbons (Fsp3) is 0.733. The second-order valence-electron chi connectivity index (χ2n) is 5.70. The summed E-state index contributed by atoms with van der Waals surface area (Å²) >= 11 is 0. The predicted molar refractivity (Wildman–Crippen MR) is 79.9 cm³/mol. The van der Waals surface area contributed by atoms with Crippen molar-refractivity contribution in [2.45, 2.75) is 38.3 Å². The summed E-state index contributed by atoms with van der Waals surface area (Å²) in [7, 11) is 5.57. The number of hydrogen-bond acceptors (Lipinski definition) is 5. The Bertz CT molecular complexity index is 465. The van der Waals surface area contributed by atoms with Gasteiger partial charge >= 0.3 is 0 Å². The number of nitrogens with zero attached hydrogens (tertiary/aromatic N) is 3. The lowest BCUT2D eigenvalue weighted by Gasteiger charge is -2.22. The third kappa shape index (κ3) is 4.28. The molecule has 2 rings (SSSR count). The summed E-state index contributed by atoms with van der Waals surface area (Å²) in [4.78, 5) is 14.6. The minimum absolute atomic E-state index is 0.0353. The van der Waals surface area contributed by atoms with Gasteiger partial charge in [-0.15, -0.1) is 0 Å². The van der Waals surface area contributed by atoms with E-state index in [1.807, 2.05) is 14.1 Å². The highest BCUT2D eigenvalue weighted by atomic mass is 16.5. The van der Waals surface area contributed by atoms with Crippen molar-refractivity contribution < 1.29 is 14.3 Å². The van der Waals surface area contributed by atoms with E-state index in [-0.39, 0.29) is 11.9 Å². The molecule has 0 N–H and O–H groups in total. The predicted octanol–water partition coefficient (Wildman–Crippen LogP) is 1.60. The summed E-state index contributed by atoms with van der Waals surface area (Å²) in [6.07, 6.45) is 5.24. The van der Waals surface area contributed by atoms with Crippen LogP contribution in [0.3, 0.4) is 0 Å². The summed E-state index contributed by atoms with van der Waals surface area (Å²) < 4.78 is 12.7. The van der Waals surface area contributed by atoms with Crippen molar-refractivity contribution >= 4 is 5.78 Å². The number of hydrogen-bond donors (Lipinski definition) is 0. The molecule has 0 bridgehead atoms. The lowest BCUT2D eigenvalue weighted by atomic mass is 10.0. The van der Waals surface area contributed by atoms with E-state index in [2.05, 4.69) is 10.00 Å². The van der Waals surface area contributed by atoms with Gasteiger partial charge in [0.05, 0.1) is 26.0 Å². The van der Waals surface area contributed by atoms with E-state index in [0.717, 1.165) is 32.4 Å². The van der Waals surface area contributed by atoms with Gasteiger partial charge in [0.25, 0.3) is 0 Å². The molecule has 1 fully saturated rings. The zero-order valence-corrected chi connectivity index (χ0v) is 13.2. The minimum atomic E-state index is 0.0353. The standard InChI is InChI=1S/C15H25N3O3/c1-17(2)7-8-18-15(14(20-3)11-16-18)13(19)10-12-6-4-5-9-21-12/h11-12H,4-10H2,1-3H3. The lowest BCUT2D eigenvalue weighted by molar-refractivity contribution is 0.0126. The van der Waals surface area contributed by atoms with Crippen LogP contribution in [0.15, 0.2) is 6.20 Å². The SMILES string of the molecule is COc1cnn(CCN(C)C)c1C(=O)CC1CCCCO1. The third-order valence-corrected chi connectivity index (χ3v) is 3.74. The zero-order valence-electron chi connectivity index (χ0n) is 13.2. The fourth-order valence-electron chi connectivity index (χ4n) is 2.54. The molecule has 2 heterocycles. The topological polar surface area (TPSA) is 56.6 Å². The number of likely N-dealkylation sites (N-methyl/N-ethyl adjacent to an activating group) is 1. The number of carbonyl (C=O) groups excluding carboxylic acids is 1. The van der Waals surface area contributed by atoms with Crippen molar-refractivity contribution in [3.8, 4) is 5.75 Å². The Kier molecular flexibility index (Phi) is 5.76. The first-order valence-electron chi connectivity index (χ1n) is 7.51. The summed E-state index contributed by atoms with van der Waals surface area (Å²) in [5, 5.41) is 4.28. The highest BCUT2D eigenvalue weighted by Gasteiger charge is 2.24. The van der Waals surface area contributed by atoms with Crippen molar-refractivity contribution in [1.82, 2.24) is 14.7 Å². The molecule has 0 aromatic carbocycles. The Balaban J connectivity index is 2.07. The van der Waals surface area contributed by atoms with E-state index in [0.29, 0.717) is 24.4 Å². The van der Waals surface area contributed by atoms with Crippen molar-refractivity contribution in [2.24, 2.45) is 0 Å². The quantitative estimate of drug-likeness (QED) is 0.715. The van der Waals surface area contributed by atoms with Crippen molar-refractivity contribution in [3.05, 3.63) is 11.9 Å². The van der Waals surface area contributed by atoms with Gasteiger partial charge in [-0.3, -0.25) is 9.48 Å². The largest absolute Gasteiger partial charge is 0.493 e. The van der Waals surface area contributed by atoms with Gasteiger partial charge in [-0.05, 0) is 33.4 Å². The van der Waals surface area contributed by atoms with E-state index >= 15 is 0 Å². The first-order valence-corrected chi connectivity index (χ1v) is 7.51. The number of ether oxygens (including phenoxy) is 2. The normalized spacial score (nSPS) is 19.0. The molecule has 1 unspecified atom stereocenters. The summed E-state index contributed by atoms with van der Waals surface area (Å²) in [5.41, 5.74) is 0.563. The molecule has 1 aliphatic rings. The first kappa shape index (κ1) is 16.0. The van der Waals surface area contributed by atoms with Crippen LogP contribution in [0.4, 0.5) is 0 Å². The molecule has 0 aliphatic carbocycles. The zero-order chi connectivity index (χ0) is 15.2. The summed E-state index contributed by atoms with van der Waals surface area (Å²) in [6.45, 7) is 2.25. The Morgan fingerprint density at radius 2 is 2.33 bits per heavy atom. The molecule has 0 amide bonds. The monoisotopic (exact) mass is 295 g/mol. The van der Waals surface area contributed by atoms with Crippen molar-refractivity contribution in [2.75, 3.05) is 34.4 Å². The molecule has 0 saturated carbocycles. The van der Waals surface area contributed by atoms with Gasteiger partial charge in [-0.25, -0.2) is 0 Å². The summed E-state index contributed by atoms with van der Waals surface area (Å²) in [5.74, 6) is 0.601. The number of aromatic nitrogens is 2. The van der Waals surface area contributed by atoms with Gasteiger partial charge in [0.15, 0.2) is 11.5 Å². The van der Waals surface area contributed by atoms with Crippen LogP contribution < -0.4 is 4.74 Å². The average Bonchev–Trinajstić information content (AvgIpc) is 2.89. The molecule has 6 heteroatoms. The third-order valence-electron chi connectivity index (χ3n) is 3.74. The second-order valence-corrected chi connectivity index (χ2v) is 5.70. The van der Waals surface area contributed by atoms with Gasteiger partial charge in [0, 0.05) is 19.6 Å². The lowest BCUT2D eigenvalue weighted by Crippen LogP contribution is -2.25. The second kappa shape index (κ2) is 7.56. The fourth-order valence-corrected chi connectivity index (χ4v) is 2.54. The molecule has 1 saturated heterocycles. The maximum atomic E-state index is 12.6. The molecule has 118 valence electrons. The van der Waals surface area contributed by atoms with Crippen LogP contribution in [-0.4, -0.2) is 60.9 Å².